The van der Waals surface area contributed by atoms with E-state index in [1.165, 1.54) is 6.07 Å². The molecular formula is C14H13FINO. The van der Waals surface area contributed by atoms with E-state index in [1.807, 2.05) is 24.3 Å². The zero-order valence-electron chi connectivity index (χ0n) is 9.70. The second-order valence-corrected chi connectivity index (χ2v) is 5.07. The summed E-state index contributed by atoms with van der Waals surface area (Å²) < 4.78 is 20.5. The molecule has 0 aliphatic heterocycles. The van der Waals surface area contributed by atoms with Gasteiger partial charge < -0.3 is 10.5 Å². The number of rotatable bonds is 4. The van der Waals surface area contributed by atoms with Gasteiger partial charge >= 0.3 is 0 Å². The van der Waals surface area contributed by atoms with Crippen LogP contribution in [0.5, 0.6) is 11.5 Å². The van der Waals surface area contributed by atoms with E-state index < -0.39 is 0 Å². The van der Waals surface area contributed by atoms with Crippen molar-refractivity contribution in [1.82, 2.24) is 0 Å². The summed E-state index contributed by atoms with van der Waals surface area (Å²) in [5, 5.41) is 0. The second kappa shape index (κ2) is 6.15. The molecule has 2 N–H and O–H groups in total. The molecule has 94 valence electrons. The minimum Gasteiger partial charge on any atom is -0.454 e. The van der Waals surface area contributed by atoms with Gasteiger partial charge in [0.25, 0.3) is 0 Å². The molecule has 0 saturated heterocycles. The van der Waals surface area contributed by atoms with Gasteiger partial charge in [-0.2, -0.15) is 0 Å². The van der Waals surface area contributed by atoms with Crippen LogP contribution in [0.2, 0.25) is 0 Å². The van der Waals surface area contributed by atoms with E-state index in [2.05, 4.69) is 22.6 Å². The van der Waals surface area contributed by atoms with E-state index in [4.69, 9.17) is 10.5 Å². The molecule has 2 aromatic carbocycles. The lowest BCUT2D eigenvalue weighted by Crippen LogP contribution is -2.05. The fourth-order valence-electron chi connectivity index (χ4n) is 1.67. The molecule has 0 amide bonds. The number of nitrogens with two attached hydrogens (primary N) is 1. The van der Waals surface area contributed by atoms with Crippen molar-refractivity contribution in [1.29, 1.82) is 0 Å². The third-order valence-corrected chi connectivity index (χ3v) is 3.15. The highest BCUT2D eigenvalue weighted by atomic mass is 127. The molecule has 0 atom stereocenters. The summed E-state index contributed by atoms with van der Waals surface area (Å²) in [6, 6.07) is 12.4. The first-order valence-electron chi connectivity index (χ1n) is 5.61. The van der Waals surface area contributed by atoms with Crippen LogP contribution in [0.3, 0.4) is 0 Å². The molecule has 18 heavy (non-hydrogen) atoms. The first-order chi connectivity index (χ1) is 8.70. The highest BCUT2D eigenvalue weighted by Gasteiger charge is 2.10. The average molecular weight is 357 g/mol. The second-order valence-electron chi connectivity index (χ2n) is 3.83. The van der Waals surface area contributed by atoms with Gasteiger partial charge in [0.15, 0.2) is 11.6 Å². The van der Waals surface area contributed by atoms with Crippen LogP contribution in [-0.2, 0) is 6.42 Å². The highest BCUT2D eigenvalue weighted by molar-refractivity contribution is 14.1. The van der Waals surface area contributed by atoms with Crippen molar-refractivity contribution in [3.63, 3.8) is 0 Å². The van der Waals surface area contributed by atoms with Crippen molar-refractivity contribution in [3.05, 3.63) is 57.4 Å². The van der Waals surface area contributed by atoms with E-state index in [1.54, 1.807) is 12.1 Å². The van der Waals surface area contributed by atoms with Crippen LogP contribution in [0.15, 0.2) is 42.5 Å². The standard InChI is InChI=1S/C14H13FINO/c15-13-6-1-3-10(7-8-17)14(13)18-12-5-2-4-11(16)9-12/h1-6,9H,7-8,17H2. The minimum atomic E-state index is -0.361. The first-order valence-corrected chi connectivity index (χ1v) is 6.69. The highest BCUT2D eigenvalue weighted by Crippen LogP contribution is 2.29. The third-order valence-electron chi connectivity index (χ3n) is 2.48. The quantitative estimate of drug-likeness (QED) is 0.847. The van der Waals surface area contributed by atoms with Gasteiger partial charge in [-0.05, 0) is 65.4 Å². The normalized spacial score (nSPS) is 10.4. The number of hydrogen-bond donors (Lipinski definition) is 1. The van der Waals surface area contributed by atoms with Crippen molar-refractivity contribution in [3.8, 4) is 11.5 Å². The van der Waals surface area contributed by atoms with Crippen LogP contribution in [0.4, 0.5) is 4.39 Å². The predicted molar refractivity (Wildman–Crippen MR) is 78.4 cm³/mol. The molecule has 4 heteroatoms. The molecule has 0 aliphatic rings. The number of ether oxygens (including phenoxy) is 1. The molecule has 0 radical (unpaired) electrons. The number of para-hydroxylation sites is 1. The summed E-state index contributed by atoms with van der Waals surface area (Å²) in [4.78, 5) is 0. The van der Waals surface area contributed by atoms with Gasteiger partial charge in [0.1, 0.15) is 5.75 Å². The lowest BCUT2D eigenvalue weighted by Gasteiger charge is -2.11. The Kier molecular flexibility index (Phi) is 4.54. The summed E-state index contributed by atoms with van der Waals surface area (Å²) in [6.07, 6.45) is 0.594. The van der Waals surface area contributed by atoms with Gasteiger partial charge in [-0.1, -0.05) is 18.2 Å². The Morgan fingerprint density at radius 3 is 2.67 bits per heavy atom. The zero-order valence-corrected chi connectivity index (χ0v) is 11.9. The Hall–Kier alpha value is -1.14. The van der Waals surface area contributed by atoms with Crippen LogP contribution in [0.25, 0.3) is 0 Å². The van der Waals surface area contributed by atoms with Crippen molar-refractivity contribution >= 4 is 22.6 Å². The molecule has 2 nitrogen and oxygen atoms in total. The maximum absolute atomic E-state index is 13.8. The van der Waals surface area contributed by atoms with Gasteiger partial charge in [0, 0.05) is 3.57 Å². The Balaban J connectivity index is 2.33. The molecule has 0 bridgehead atoms. The molecule has 0 aromatic heterocycles. The van der Waals surface area contributed by atoms with Crippen molar-refractivity contribution in [2.24, 2.45) is 5.73 Å². The van der Waals surface area contributed by atoms with E-state index >= 15 is 0 Å². The third kappa shape index (κ3) is 3.20. The van der Waals surface area contributed by atoms with Crippen LogP contribution < -0.4 is 10.5 Å². The van der Waals surface area contributed by atoms with Crippen LogP contribution in [-0.4, -0.2) is 6.54 Å². The molecule has 0 unspecified atom stereocenters. The fourth-order valence-corrected chi connectivity index (χ4v) is 2.18. The summed E-state index contributed by atoms with van der Waals surface area (Å²) >= 11 is 2.19. The fraction of sp³-hybridized carbons (Fsp3) is 0.143. The molecular weight excluding hydrogens is 344 g/mol. The summed E-state index contributed by atoms with van der Waals surface area (Å²) in [6.45, 7) is 0.464. The predicted octanol–water partition coefficient (Wildman–Crippen LogP) is 3.72. The monoisotopic (exact) mass is 357 g/mol. The van der Waals surface area contributed by atoms with E-state index in [9.17, 15) is 4.39 Å². The Morgan fingerprint density at radius 1 is 1.17 bits per heavy atom. The summed E-state index contributed by atoms with van der Waals surface area (Å²) in [7, 11) is 0. The Bertz CT molecular complexity index is 545. The maximum Gasteiger partial charge on any atom is 0.166 e. The number of halogens is 2. The first kappa shape index (κ1) is 13.3. The van der Waals surface area contributed by atoms with Gasteiger partial charge in [-0.25, -0.2) is 4.39 Å². The van der Waals surface area contributed by atoms with Crippen LogP contribution in [0.1, 0.15) is 5.56 Å². The lowest BCUT2D eigenvalue weighted by atomic mass is 10.1. The maximum atomic E-state index is 13.8. The largest absolute Gasteiger partial charge is 0.454 e. The Morgan fingerprint density at radius 2 is 1.94 bits per heavy atom. The lowest BCUT2D eigenvalue weighted by molar-refractivity contribution is 0.436. The van der Waals surface area contributed by atoms with Crippen LogP contribution in [0, 0.1) is 9.39 Å². The molecule has 2 rings (SSSR count). The van der Waals surface area contributed by atoms with E-state index in [0.717, 1.165) is 9.13 Å². The van der Waals surface area contributed by atoms with Crippen molar-refractivity contribution in [2.45, 2.75) is 6.42 Å². The molecule has 0 aliphatic carbocycles. The number of benzene rings is 2. The SMILES string of the molecule is NCCc1cccc(F)c1Oc1cccc(I)c1. The van der Waals surface area contributed by atoms with Gasteiger partial charge in [-0.3, -0.25) is 0 Å². The van der Waals surface area contributed by atoms with Gasteiger partial charge in [0.05, 0.1) is 0 Å². The molecule has 0 fully saturated rings. The topological polar surface area (TPSA) is 35.2 Å². The molecule has 0 spiro atoms. The van der Waals surface area contributed by atoms with Crippen LogP contribution >= 0.6 is 22.6 Å². The molecule has 0 heterocycles. The average Bonchev–Trinajstić information content (AvgIpc) is 2.34. The number of hydrogen-bond acceptors (Lipinski definition) is 2. The molecule has 0 saturated carbocycles. The minimum absolute atomic E-state index is 0.268. The van der Waals surface area contributed by atoms with Crippen molar-refractivity contribution in [2.75, 3.05) is 6.54 Å². The van der Waals surface area contributed by atoms with E-state index in [-0.39, 0.29) is 11.6 Å². The zero-order chi connectivity index (χ0) is 13.0. The summed E-state index contributed by atoms with van der Waals surface area (Å²) in [5.41, 5.74) is 6.31. The summed E-state index contributed by atoms with van der Waals surface area (Å²) in [5.74, 6) is 0.537. The smallest absolute Gasteiger partial charge is 0.166 e. The van der Waals surface area contributed by atoms with E-state index in [0.29, 0.717) is 18.7 Å². The molecule has 2 aromatic rings. The Labute approximate surface area is 119 Å². The van der Waals surface area contributed by atoms with Gasteiger partial charge in [-0.15, -0.1) is 0 Å². The van der Waals surface area contributed by atoms with Gasteiger partial charge in [0.2, 0.25) is 0 Å². The van der Waals surface area contributed by atoms with Crippen molar-refractivity contribution < 1.29 is 9.13 Å².